The van der Waals surface area contributed by atoms with Crippen molar-refractivity contribution in [1.82, 2.24) is 24.6 Å². The van der Waals surface area contributed by atoms with E-state index in [2.05, 4.69) is 43.1 Å². The van der Waals surface area contributed by atoms with E-state index in [9.17, 15) is 4.79 Å². The molecule has 29 heavy (non-hydrogen) atoms. The zero-order valence-electron chi connectivity index (χ0n) is 18.8. The first-order valence-electron chi connectivity index (χ1n) is 10.6. The van der Waals surface area contributed by atoms with Gasteiger partial charge >= 0.3 is 0 Å². The third-order valence-electron chi connectivity index (χ3n) is 5.77. The van der Waals surface area contributed by atoms with Crippen LogP contribution in [0.1, 0.15) is 61.3 Å². The fraction of sp³-hybridized carbons (Fsp3) is 0.682. The number of rotatable bonds is 5. The number of aryl methyl sites for hydroxylation is 2. The van der Waals surface area contributed by atoms with Crippen molar-refractivity contribution in [1.29, 1.82) is 0 Å². The molecule has 6 nitrogen and oxygen atoms in total. The summed E-state index contributed by atoms with van der Waals surface area (Å²) in [5.41, 5.74) is 4.68. The molecule has 0 aliphatic carbocycles. The summed E-state index contributed by atoms with van der Waals surface area (Å²) in [6.45, 7) is 15.2. The highest BCUT2D eigenvalue weighted by atomic mass is 32.1. The molecule has 0 bridgehead atoms. The summed E-state index contributed by atoms with van der Waals surface area (Å²) in [7, 11) is 1.96. The highest BCUT2D eigenvalue weighted by molar-refractivity contribution is 7.09. The SMILES string of the molecule is Cc1nn(C)c(C)c1CCC(=O)N1CCCN(Cc2csc(C(C)(C)C)n2)CC1. The van der Waals surface area contributed by atoms with E-state index < -0.39 is 0 Å². The molecule has 1 aliphatic rings. The third kappa shape index (κ3) is 5.45. The molecule has 2 aromatic heterocycles. The van der Waals surface area contributed by atoms with Gasteiger partial charge in [-0.15, -0.1) is 11.3 Å². The summed E-state index contributed by atoms with van der Waals surface area (Å²) in [6, 6.07) is 0. The predicted octanol–water partition coefficient (Wildman–Crippen LogP) is 3.46. The number of hydrogen-bond acceptors (Lipinski definition) is 5. The van der Waals surface area contributed by atoms with E-state index in [-0.39, 0.29) is 11.3 Å². The van der Waals surface area contributed by atoms with Crippen molar-refractivity contribution in [2.75, 3.05) is 26.2 Å². The van der Waals surface area contributed by atoms with E-state index in [0.29, 0.717) is 6.42 Å². The summed E-state index contributed by atoms with van der Waals surface area (Å²) in [5.74, 6) is 0.262. The number of amides is 1. The second-order valence-corrected chi connectivity index (χ2v) is 10.0. The molecule has 1 aliphatic heterocycles. The highest BCUT2D eigenvalue weighted by Gasteiger charge is 2.22. The molecular formula is C22H35N5OS. The number of nitrogens with zero attached hydrogens (tertiary/aromatic N) is 5. The van der Waals surface area contributed by atoms with Crippen LogP contribution in [0.4, 0.5) is 0 Å². The molecule has 2 aromatic rings. The van der Waals surface area contributed by atoms with Crippen LogP contribution >= 0.6 is 11.3 Å². The van der Waals surface area contributed by atoms with Gasteiger partial charge in [-0.2, -0.15) is 5.10 Å². The summed E-state index contributed by atoms with van der Waals surface area (Å²) in [4.78, 5) is 22.1. The van der Waals surface area contributed by atoms with Gasteiger partial charge < -0.3 is 4.90 Å². The van der Waals surface area contributed by atoms with Gasteiger partial charge in [-0.25, -0.2) is 4.98 Å². The van der Waals surface area contributed by atoms with Crippen molar-refractivity contribution in [2.24, 2.45) is 7.05 Å². The van der Waals surface area contributed by atoms with Gasteiger partial charge in [0, 0.05) is 62.7 Å². The molecular weight excluding hydrogens is 382 g/mol. The van der Waals surface area contributed by atoms with Crippen LogP contribution in [0.25, 0.3) is 0 Å². The molecule has 0 unspecified atom stereocenters. The average molecular weight is 418 g/mol. The Labute approximate surface area is 178 Å². The molecule has 0 radical (unpaired) electrons. The smallest absolute Gasteiger partial charge is 0.222 e. The second kappa shape index (κ2) is 8.96. The summed E-state index contributed by atoms with van der Waals surface area (Å²) in [6.07, 6.45) is 2.36. The average Bonchev–Trinajstić information content (AvgIpc) is 3.11. The van der Waals surface area contributed by atoms with Crippen LogP contribution in [0.3, 0.4) is 0 Å². The Bertz CT molecular complexity index is 848. The first kappa shape index (κ1) is 22.0. The fourth-order valence-electron chi connectivity index (χ4n) is 3.90. The van der Waals surface area contributed by atoms with Crippen LogP contribution in [0.5, 0.6) is 0 Å². The monoisotopic (exact) mass is 417 g/mol. The molecule has 7 heteroatoms. The summed E-state index contributed by atoms with van der Waals surface area (Å²) < 4.78 is 1.91. The lowest BCUT2D eigenvalue weighted by atomic mass is 9.98. The quantitative estimate of drug-likeness (QED) is 0.748. The lowest BCUT2D eigenvalue weighted by Gasteiger charge is -2.22. The Morgan fingerprint density at radius 3 is 2.55 bits per heavy atom. The van der Waals surface area contributed by atoms with Crippen LogP contribution in [0, 0.1) is 13.8 Å². The highest BCUT2D eigenvalue weighted by Crippen LogP contribution is 2.26. The molecule has 0 spiro atoms. The zero-order chi connectivity index (χ0) is 21.2. The Hall–Kier alpha value is -1.73. The minimum atomic E-state index is 0.107. The first-order valence-corrected chi connectivity index (χ1v) is 11.5. The van der Waals surface area contributed by atoms with Crippen molar-refractivity contribution < 1.29 is 4.79 Å². The van der Waals surface area contributed by atoms with Crippen molar-refractivity contribution >= 4 is 17.2 Å². The molecule has 0 atom stereocenters. The Morgan fingerprint density at radius 1 is 1.17 bits per heavy atom. The maximum atomic E-state index is 12.8. The maximum absolute atomic E-state index is 12.8. The molecule has 1 amide bonds. The van der Waals surface area contributed by atoms with E-state index in [1.165, 1.54) is 10.6 Å². The molecule has 1 fully saturated rings. The van der Waals surface area contributed by atoms with Crippen LogP contribution in [0.15, 0.2) is 5.38 Å². The van der Waals surface area contributed by atoms with Gasteiger partial charge in [0.05, 0.1) is 16.4 Å². The van der Waals surface area contributed by atoms with Crippen LogP contribution in [-0.2, 0) is 30.2 Å². The van der Waals surface area contributed by atoms with Gasteiger partial charge in [-0.3, -0.25) is 14.4 Å². The Kier molecular flexibility index (Phi) is 6.79. The molecule has 0 aromatic carbocycles. The zero-order valence-corrected chi connectivity index (χ0v) is 19.6. The standard InChI is InChI=1S/C22H35N5OS/c1-16-19(17(2)25(6)24-16)8-9-20(28)27-11-7-10-26(12-13-27)14-18-15-29-21(23-18)22(3,4)5/h15H,7-14H2,1-6H3. The lowest BCUT2D eigenvalue weighted by molar-refractivity contribution is -0.131. The Morgan fingerprint density at radius 2 is 1.93 bits per heavy atom. The van der Waals surface area contributed by atoms with E-state index in [1.54, 1.807) is 11.3 Å². The van der Waals surface area contributed by atoms with Gasteiger partial charge in [0.15, 0.2) is 0 Å². The van der Waals surface area contributed by atoms with Crippen molar-refractivity contribution in [2.45, 2.75) is 65.8 Å². The number of hydrogen-bond donors (Lipinski definition) is 0. The van der Waals surface area contributed by atoms with Gasteiger partial charge in [0.2, 0.25) is 5.91 Å². The predicted molar refractivity (Wildman–Crippen MR) is 118 cm³/mol. The third-order valence-corrected chi connectivity index (χ3v) is 7.08. The number of carbonyl (C=O) groups is 1. The fourth-order valence-corrected chi connectivity index (χ4v) is 4.80. The molecule has 1 saturated heterocycles. The van der Waals surface area contributed by atoms with Crippen LogP contribution in [0.2, 0.25) is 0 Å². The van der Waals surface area contributed by atoms with Crippen molar-refractivity contribution in [3.05, 3.63) is 33.0 Å². The van der Waals surface area contributed by atoms with Crippen molar-refractivity contribution in [3.63, 3.8) is 0 Å². The summed E-state index contributed by atoms with van der Waals surface area (Å²) >= 11 is 1.76. The number of thiazole rings is 1. The minimum absolute atomic E-state index is 0.107. The van der Waals surface area contributed by atoms with Crippen LogP contribution < -0.4 is 0 Å². The normalized spacial score (nSPS) is 16.3. The number of aromatic nitrogens is 3. The molecule has 3 rings (SSSR count). The molecule has 160 valence electrons. The van der Waals surface area contributed by atoms with Gasteiger partial charge in [-0.05, 0) is 32.3 Å². The van der Waals surface area contributed by atoms with E-state index >= 15 is 0 Å². The minimum Gasteiger partial charge on any atom is -0.341 e. The first-order chi connectivity index (χ1) is 13.6. The lowest BCUT2D eigenvalue weighted by Crippen LogP contribution is -2.35. The molecule has 3 heterocycles. The van der Waals surface area contributed by atoms with E-state index in [4.69, 9.17) is 4.98 Å². The number of carbonyl (C=O) groups excluding carboxylic acids is 1. The van der Waals surface area contributed by atoms with Gasteiger partial charge in [-0.1, -0.05) is 20.8 Å². The van der Waals surface area contributed by atoms with Crippen LogP contribution in [-0.4, -0.2) is 56.7 Å². The maximum Gasteiger partial charge on any atom is 0.222 e. The summed E-state index contributed by atoms with van der Waals surface area (Å²) in [5, 5.41) is 7.84. The second-order valence-electron chi connectivity index (χ2n) is 9.18. The van der Waals surface area contributed by atoms with Gasteiger partial charge in [0.1, 0.15) is 0 Å². The van der Waals surface area contributed by atoms with E-state index in [1.807, 2.05) is 23.6 Å². The Balaban J connectivity index is 1.51. The largest absolute Gasteiger partial charge is 0.341 e. The topological polar surface area (TPSA) is 54.3 Å². The van der Waals surface area contributed by atoms with Crippen molar-refractivity contribution in [3.8, 4) is 0 Å². The van der Waals surface area contributed by atoms with Gasteiger partial charge in [0.25, 0.3) is 0 Å². The van der Waals surface area contributed by atoms with E-state index in [0.717, 1.165) is 62.6 Å². The molecule has 0 saturated carbocycles. The molecule has 0 N–H and O–H groups in total.